The Balaban J connectivity index is 2.65. The molecule has 0 aromatic heterocycles. The van der Waals surface area contributed by atoms with E-state index in [0.717, 1.165) is 32.2 Å². The van der Waals surface area contributed by atoms with E-state index in [1.54, 1.807) is 0 Å². The maximum absolute atomic E-state index is 5.29. The van der Waals surface area contributed by atoms with Gasteiger partial charge in [-0.15, -0.1) is 4.99 Å². The number of unbranched alkanes of at least 4 members (excludes halogenated alkanes) is 3. The summed E-state index contributed by atoms with van der Waals surface area (Å²) in [6.07, 6.45) is 4.35. The molecule has 10 heavy (non-hydrogen) atoms. The van der Waals surface area contributed by atoms with Crippen LogP contribution in [0.5, 0.6) is 0 Å². The van der Waals surface area contributed by atoms with Gasteiger partial charge < -0.3 is 5.73 Å². The predicted molar refractivity (Wildman–Crippen MR) is 38.7 cm³/mol. The Morgan fingerprint density at radius 3 is 2.30 bits per heavy atom. The second kappa shape index (κ2) is 8.84. The zero-order valence-electron chi connectivity index (χ0n) is 6.21. The van der Waals surface area contributed by atoms with Gasteiger partial charge in [-0.05, 0) is 19.4 Å². The summed E-state index contributed by atoms with van der Waals surface area (Å²) in [5, 5.41) is 0. The highest BCUT2D eigenvalue weighted by atomic mass is 17.3. The van der Waals surface area contributed by atoms with Crippen LogP contribution in [0.15, 0.2) is 0 Å². The van der Waals surface area contributed by atoms with Crippen LogP contribution >= 0.6 is 0 Å². The monoisotopic (exact) mass is 148 g/mol. The van der Waals surface area contributed by atoms with Crippen molar-refractivity contribution in [3.8, 4) is 0 Å². The number of rotatable bonds is 7. The van der Waals surface area contributed by atoms with Gasteiger partial charge in [0.2, 0.25) is 0 Å². The Bertz CT molecular complexity index is 53.7. The maximum atomic E-state index is 5.29. The first-order chi connectivity index (χ1) is 4.91. The number of hydrogen-bond donors (Lipinski definition) is 2. The molecule has 0 bridgehead atoms. The van der Waals surface area contributed by atoms with Gasteiger partial charge in [0.25, 0.3) is 0 Å². The molecule has 4 N–H and O–H groups in total. The largest absolute Gasteiger partial charge is 0.330 e. The van der Waals surface area contributed by atoms with Crippen LogP contribution in [0, 0.1) is 0 Å². The van der Waals surface area contributed by atoms with Gasteiger partial charge in [0.1, 0.15) is 0 Å². The molecule has 4 heteroatoms. The second-order valence-electron chi connectivity index (χ2n) is 2.12. The van der Waals surface area contributed by atoms with E-state index in [9.17, 15) is 0 Å². The van der Waals surface area contributed by atoms with Gasteiger partial charge in [0, 0.05) is 0 Å². The zero-order chi connectivity index (χ0) is 7.66. The fourth-order valence-corrected chi connectivity index (χ4v) is 0.707. The van der Waals surface area contributed by atoms with Crippen LogP contribution in [0.2, 0.25) is 0 Å². The van der Waals surface area contributed by atoms with Crippen LogP contribution in [-0.2, 0) is 9.88 Å². The van der Waals surface area contributed by atoms with Crippen LogP contribution in [0.4, 0.5) is 0 Å². The fraction of sp³-hybridized carbons (Fsp3) is 1.00. The van der Waals surface area contributed by atoms with Crippen LogP contribution in [0.25, 0.3) is 0 Å². The van der Waals surface area contributed by atoms with Crippen molar-refractivity contribution in [1.29, 1.82) is 0 Å². The van der Waals surface area contributed by atoms with Crippen LogP contribution in [-0.4, -0.2) is 13.2 Å². The molecular formula is C6H16N2O2. The van der Waals surface area contributed by atoms with Crippen molar-refractivity contribution in [3.05, 3.63) is 0 Å². The average molecular weight is 148 g/mol. The summed E-state index contributed by atoms with van der Waals surface area (Å²) in [5.74, 6) is 4.63. The summed E-state index contributed by atoms with van der Waals surface area (Å²) < 4.78 is 0. The van der Waals surface area contributed by atoms with E-state index in [0.29, 0.717) is 6.61 Å². The Labute approximate surface area is 61.4 Å². The lowest BCUT2D eigenvalue weighted by Crippen LogP contribution is -2.02. The Morgan fingerprint density at radius 2 is 1.70 bits per heavy atom. The summed E-state index contributed by atoms with van der Waals surface area (Å²) in [4.78, 5) is 8.38. The lowest BCUT2D eigenvalue weighted by atomic mass is 10.2. The van der Waals surface area contributed by atoms with Gasteiger partial charge in [0.05, 0.1) is 6.61 Å². The van der Waals surface area contributed by atoms with Crippen molar-refractivity contribution < 1.29 is 9.88 Å². The maximum Gasteiger partial charge on any atom is 0.0842 e. The highest BCUT2D eigenvalue weighted by Gasteiger charge is 1.88. The second-order valence-corrected chi connectivity index (χ2v) is 2.12. The lowest BCUT2D eigenvalue weighted by Gasteiger charge is -1.98. The van der Waals surface area contributed by atoms with Gasteiger partial charge in [0.15, 0.2) is 0 Å². The summed E-state index contributed by atoms with van der Waals surface area (Å²) in [7, 11) is 0. The first kappa shape index (κ1) is 9.84. The molecule has 0 saturated carbocycles. The molecule has 0 rings (SSSR count). The van der Waals surface area contributed by atoms with E-state index in [2.05, 4.69) is 15.8 Å². The third-order valence-electron chi connectivity index (χ3n) is 1.25. The van der Waals surface area contributed by atoms with E-state index >= 15 is 0 Å². The van der Waals surface area contributed by atoms with E-state index in [1.165, 1.54) is 0 Å². The first-order valence-corrected chi connectivity index (χ1v) is 3.60. The quantitative estimate of drug-likeness (QED) is 0.310. The van der Waals surface area contributed by atoms with Gasteiger partial charge >= 0.3 is 0 Å². The molecule has 62 valence electrons. The normalized spacial score (nSPS) is 10.2. The molecule has 0 amide bonds. The summed E-state index contributed by atoms with van der Waals surface area (Å²) >= 11 is 0. The minimum absolute atomic E-state index is 0.571. The van der Waals surface area contributed by atoms with Gasteiger partial charge in [-0.3, -0.25) is 0 Å². The average Bonchev–Trinajstić information content (AvgIpc) is 1.97. The predicted octanol–water partition coefficient (Wildman–Crippen LogP) is 0.327. The molecule has 0 aromatic carbocycles. The van der Waals surface area contributed by atoms with Gasteiger partial charge in [-0.2, -0.15) is 5.90 Å². The van der Waals surface area contributed by atoms with Crippen molar-refractivity contribution in [2.75, 3.05) is 13.2 Å². The molecular weight excluding hydrogens is 132 g/mol. The Morgan fingerprint density at radius 1 is 1.00 bits per heavy atom. The van der Waals surface area contributed by atoms with Crippen LogP contribution in [0.3, 0.4) is 0 Å². The van der Waals surface area contributed by atoms with E-state index < -0.39 is 0 Å². The SMILES string of the molecule is NCCCCCCOON. The van der Waals surface area contributed by atoms with Crippen molar-refractivity contribution in [1.82, 2.24) is 0 Å². The molecule has 0 heterocycles. The molecule has 0 fully saturated rings. The molecule has 0 aliphatic rings. The minimum atomic E-state index is 0.571. The molecule has 0 aromatic rings. The van der Waals surface area contributed by atoms with Crippen molar-refractivity contribution in [3.63, 3.8) is 0 Å². The Hall–Kier alpha value is -0.160. The number of hydrogen-bond acceptors (Lipinski definition) is 4. The topological polar surface area (TPSA) is 70.5 Å². The first-order valence-electron chi connectivity index (χ1n) is 3.60. The molecule has 0 saturated heterocycles. The molecule has 0 radical (unpaired) electrons. The van der Waals surface area contributed by atoms with E-state index in [1.807, 2.05) is 0 Å². The molecule has 0 atom stereocenters. The standard InChI is InChI=1S/C6H16N2O2/c7-5-3-1-2-4-6-9-10-8/h1-8H2. The summed E-state index contributed by atoms with van der Waals surface area (Å²) in [5.41, 5.74) is 5.29. The van der Waals surface area contributed by atoms with Crippen molar-refractivity contribution in [2.45, 2.75) is 25.7 Å². The van der Waals surface area contributed by atoms with E-state index in [4.69, 9.17) is 5.73 Å². The van der Waals surface area contributed by atoms with Crippen LogP contribution < -0.4 is 11.6 Å². The third kappa shape index (κ3) is 7.84. The summed E-state index contributed by atoms with van der Waals surface area (Å²) in [6, 6.07) is 0. The van der Waals surface area contributed by atoms with Gasteiger partial charge in [-0.25, -0.2) is 4.89 Å². The molecule has 0 spiro atoms. The Kier molecular flexibility index (Phi) is 8.70. The molecule has 0 aliphatic heterocycles. The number of nitrogens with two attached hydrogens (primary N) is 2. The summed E-state index contributed by atoms with van der Waals surface area (Å²) in [6.45, 7) is 1.34. The zero-order valence-corrected chi connectivity index (χ0v) is 6.21. The van der Waals surface area contributed by atoms with Crippen molar-refractivity contribution in [2.24, 2.45) is 11.6 Å². The third-order valence-corrected chi connectivity index (χ3v) is 1.25. The highest BCUT2D eigenvalue weighted by Crippen LogP contribution is 1.97. The van der Waals surface area contributed by atoms with E-state index in [-0.39, 0.29) is 0 Å². The molecule has 4 nitrogen and oxygen atoms in total. The minimum Gasteiger partial charge on any atom is -0.330 e. The van der Waals surface area contributed by atoms with Crippen molar-refractivity contribution >= 4 is 0 Å². The lowest BCUT2D eigenvalue weighted by molar-refractivity contribution is -0.299. The fourth-order valence-electron chi connectivity index (χ4n) is 0.707. The smallest absolute Gasteiger partial charge is 0.0842 e. The molecule has 0 aliphatic carbocycles. The highest BCUT2D eigenvalue weighted by molar-refractivity contribution is 4.41. The molecule has 0 unspecified atom stereocenters. The van der Waals surface area contributed by atoms with Gasteiger partial charge in [-0.1, -0.05) is 12.8 Å². The van der Waals surface area contributed by atoms with Crippen LogP contribution in [0.1, 0.15) is 25.7 Å².